The minimum absolute atomic E-state index is 0.0837. The fourth-order valence-electron chi connectivity index (χ4n) is 4.82. The van der Waals surface area contributed by atoms with E-state index in [2.05, 4.69) is 32.2 Å². The first-order valence-corrected chi connectivity index (χ1v) is 16.7. The molecule has 2 N–H and O–H groups in total. The van der Waals surface area contributed by atoms with Gasteiger partial charge >= 0.3 is 17.9 Å². The average Bonchev–Trinajstić information content (AvgIpc) is 3.07. The van der Waals surface area contributed by atoms with Crippen LogP contribution in [0.25, 0.3) is 0 Å². The van der Waals surface area contributed by atoms with Crippen molar-refractivity contribution in [2.45, 2.75) is 90.5 Å². The van der Waals surface area contributed by atoms with E-state index in [1.54, 1.807) is 0 Å². The lowest BCUT2D eigenvalue weighted by Gasteiger charge is -2.18. The third kappa shape index (κ3) is 19.5. The molecule has 12 heteroatoms. The van der Waals surface area contributed by atoms with Crippen molar-refractivity contribution in [3.05, 3.63) is 71.3 Å². The van der Waals surface area contributed by atoms with Gasteiger partial charge < -0.3 is 24.8 Å². The molecule has 2 aromatic carbocycles. The van der Waals surface area contributed by atoms with Gasteiger partial charge in [0.25, 0.3) is 5.91 Å². The van der Waals surface area contributed by atoms with Crippen molar-refractivity contribution in [2.75, 3.05) is 26.4 Å². The van der Waals surface area contributed by atoms with E-state index < -0.39 is 42.4 Å². The zero-order valence-corrected chi connectivity index (χ0v) is 28.5. The molecule has 2 rings (SSSR count). The lowest BCUT2D eigenvalue weighted by atomic mass is 10.0. The van der Waals surface area contributed by atoms with Gasteiger partial charge in [-0.3, -0.25) is 33.6 Å². The molecule has 2 aromatic rings. The van der Waals surface area contributed by atoms with E-state index in [1.807, 2.05) is 42.5 Å². The van der Waals surface area contributed by atoms with Crippen molar-refractivity contribution in [3.8, 4) is 0 Å². The topological polar surface area (TPSA) is 171 Å². The van der Waals surface area contributed by atoms with Crippen LogP contribution in [0, 0.1) is 0 Å². The predicted molar refractivity (Wildman–Crippen MR) is 180 cm³/mol. The summed E-state index contributed by atoms with van der Waals surface area (Å²) in [5.41, 5.74) is 3.37. The summed E-state index contributed by atoms with van der Waals surface area (Å²) < 4.78 is 14.4. The minimum atomic E-state index is -0.974. The van der Waals surface area contributed by atoms with E-state index in [0.29, 0.717) is 19.3 Å². The number of unbranched alkanes of at least 4 members (excludes halogenated alkanes) is 3. The maximum Gasteiger partial charge on any atom is 0.308 e. The summed E-state index contributed by atoms with van der Waals surface area (Å²) in [6.45, 7) is 1.07. The number of esters is 3. The summed E-state index contributed by atoms with van der Waals surface area (Å²) >= 11 is 0. The Morgan fingerprint density at radius 1 is 0.612 bits per heavy atom. The first-order chi connectivity index (χ1) is 23.5. The summed E-state index contributed by atoms with van der Waals surface area (Å²) in [5.74, 6) is -3.53. The number of Topliss-reactive ketones (excluding diaryl/α,β-unsaturated/α-hetero) is 2. The number of nitrogens with one attached hydrogen (secondary N) is 2. The van der Waals surface area contributed by atoms with Crippen molar-refractivity contribution < 1.29 is 47.8 Å². The quantitative estimate of drug-likeness (QED) is 0.0950. The number of carbonyl (C=O) groups is 7. The van der Waals surface area contributed by atoms with Crippen LogP contribution < -0.4 is 10.6 Å². The van der Waals surface area contributed by atoms with Gasteiger partial charge in [0, 0.05) is 33.2 Å². The molecule has 49 heavy (non-hydrogen) atoms. The number of carbonyl (C=O) groups excluding carboxylic acids is 7. The highest BCUT2D eigenvalue weighted by atomic mass is 16.5. The summed E-state index contributed by atoms with van der Waals surface area (Å²) in [7, 11) is 0. The van der Waals surface area contributed by atoms with Crippen molar-refractivity contribution in [1.29, 1.82) is 0 Å². The molecule has 0 aromatic heterocycles. The Morgan fingerprint density at radius 3 is 1.86 bits per heavy atom. The number of amides is 2. The van der Waals surface area contributed by atoms with Crippen molar-refractivity contribution in [3.63, 3.8) is 0 Å². The normalized spacial score (nSPS) is 11.1. The van der Waals surface area contributed by atoms with Gasteiger partial charge in [0.15, 0.2) is 18.2 Å². The standard InChI is InChI=1S/C37H48N2O10/c1-27(40)47-24-32(42)15-7-4-8-16-34(39-35(44)26-48-28(2)41)37(46)38-22-21-36(45)49-25-33(43)23-31-19-17-30(18-20-31)14-10-9-13-29-11-5-3-6-12-29/h3,5-6,11-12,17-20,34H,4,7-10,13-16,21-26H2,1-2H3,(H,38,46)(H,39,44)/t34-/m0/s1. The first kappa shape index (κ1) is 40.3. The van der Waals surface area contributed by atoms with Gasteiger partial charge in [0.1, 0.15) is 19.3 Å². The van der Waals surface area contributed by atoms with Crippen molar-refractivity contribution in [2.24, 2.45) is 0 Å². The molecule has 0 fully saturated rings. The molecule has 0 saturated heterocycles. The number of benzene rings is 2. The maximum atomic E-state index is 12.8. The number of rotatable bonds is 24. The van der Waals surface area contributed by atoms with E-state index in [9.17, 15) is 33.6 Å². The van der Waals surface area contributed by atoms with Gasteiger partial charge in [0.2, 0.25) is 5.91 Å². The molecule has 0 spiro atoms. The minimum Gasteiger partial charge on any atom is -0.458 e. The molecule has 266 valence electrons. The monoisotopic (exact) mass is 680 g/mol. The Bertz CT molecular complexity index is 1380. The molecule has 0 bridgehead atoms. The Hall–Kier alpha value is -4.87. The van der Waals surface area contributed by atoms with Gasteiger partial charge in [-0.05, 0) is 55.2 Å². The second-order valence-corrected chi connectivity index (χ2v) is 11.7. The molecule has 2 amide bonds. The molecule has 0 heterocycles. The zero-order chi connectivity index (χ0) is 35.9. The molecule has 0 aliphatic heterocycles. The van der Waals surface area contributed by atoms with Crippen LogP contribution in [0.2, 0.25) is 0 Å². The van der Waals surface area contributed by atoms with Crippen LogP contribution >= 0.6 is 0 Å². The van der Waals surface area contributed by atoms with Crippen LogP contribution in [-0.2, 0) is 67.0 Å². The summed E-state index contributed by atoms with van der Waals surface area (Å²) in [6, 6.07) is 17.3. The molecule has 0 unspecified atom stereocenters. The molecule has 0 radical (unpaired) electrons. The molecular formula is C37H48N2O10. The lowest BCUT2D eigenvalue weighted by molar-refractivity contribution is -0.147. The van der Waals surface area contributed by atoms with E-state index in [-0.39, 0.29) is 57.0 Å². The zero-order valence-electron chi connectivity index (χ0n) is 28.5. The highest BCUT2D eigenvalue weighted by Gasteiger charge is 2.21. The second kappa shape index (κ2) is 23.5. The first-order valence-electron chi connectivity index (χ1n) is 16.7. The molecule has 0 aliphatic rings. The van der Waals surface area contributed by atoms with Gasteiger partial charge in [-0.1, -0.05) is 67.4 Å². The number of hydrogen-bond acceptors (Lipinski definition) is 10. The van der Waals surface area contributed by atoms with Gasteiger partial charge in [-0.15, -0.1) is 0 Å². The lowest BCUT2D eigenvalue weighted by Crippen LogP contribution is -2.48. The Balaban J connectivity index is 1.68. The van der Waals surface area contributed by atoms with Crippen LogP contribution in [0.5, 0.6) is 0 Å². The summed E-state index contributed by atoms with van der Waals surface area (Å²) in [5, 5.41) is 5.09. The second-order valence-electron chi connectivity index (χ2n) is 11.7. The number of hydrogen-bond donors (Lipinski definition) is 2. The molecule has 1 atom stereocenters. The van der Waals surface area contributed by atoms with Gasteiger partial charge in [-0.2, -0.15) is 0 Å². The van der Waals surface area contributed by atoms with Crippen LogP contribution in [0.15, 0.2) is 54.6 Å². The fourth-order valence-corrected chi connectivity index (χ4v) is 4.82. The van der Waals surface area contributed by atoms with Crippen LogP contribution in [-0.4, -0.2) is 73.7 Å². The summed E-state index contributed by atoms with van der Waals surface area (Å²) in [6.07, 6.45) is 6.09. The molecule has 0 saturated carbocycles. The van der Waals surface area contributed by atoms with Gasteiger partial charge in [0.05, 0.1) is 6.42 Å². The smallest absolute Gasteiger partial charge is 0.308 e. The van der Waals surface area contributed by atoms with E-state index in [1.165, 1.54) is 18.1 Å². The predicted octanol–water partition coefficient (Wildman–Crippen LogP) is 3.54. The van der Waals surface area contributed by atoms with Crippen molar-refractivity contribution >= 4 is 41.3 Å². The Kier molecular flexibility index (Phi) is 19.3. The SMILES string of the molecule is CC(=O)OCC(=O)CCCCC[C@H](NC(=O)COC(C)=O)C(=O)NCCC(=O)OCC(=O)Cc1ccc(CCCCc2ccccc2)cc1. The largest absolute Gasteiger partial charge is 0.458 e. The Morgan fingerprint density at radius 2 is 1.20 bits per heavy atom. The molecule has 0 aliphatic carbocycles. The van der Waals surface area contributed by atoms with E-state index in [0.717, 1.165) is 38.2 Å². The molecule has 12 nitrogen and oxygen atoms in total. The maximum absolute atomic E-state index is 12.8. The van der Waals surface area contributed by atoms with Crippen LogP contribution in [0.1, 0.15) is 81.9 Å². The molecular weight excluding hydrogens is 632 g/mol. The van der Waals surface area contributed by atoms with Crippen LogP contribution in [0.3, 0.4) is 0 Å². The fraction of sp³-hybridized carbons (Fsp3) is 0.486. The van der Waals surface area contributed by atoms with Crippen molar-refractivity contribution in [1.82, 2.24) is 10.6 Å². The number of aryl methyl sites for hydroxylation is 2. The third-order valence-electron chi connectivity index (χ3n) is 7.41. The highest BCUT2D eigenvalue weighted by Crippen LogP contribution is 2.12. The number of ketones is 2. The van der Waals surface area contributed by atoms with E-state index >= 15 is 0 Å². The van der Waals surface area contributed by atoms with Gasteiger partial charge in [-0.25, -0.2) is 0 Å². The third-order valence-corrected chi connectivity index (χ3v) is 7.41. The highest BCUT2D eigenvalue weighted by molar-refractivity contribution is 5.89. The van der Waals surface area contributed by atoms with Crippen LogP contribution in [0.4, 0.5) is 0 Å². The average molecular weight is 681 g/mol. The van der Waals surface area contributed by atoms with E-state index in [4.69, 9.17) is 4.74 Å². The Labute approximate surface area is 287 Å². The number of ether oxygens (including phenoxy) is 3. The summed E-state index contributed by atoms with van der Waals surface area (Å²) in [4.78, 5) is 83.2.